The van der Waals surface area contributed by atoms with Crippen molar-refractivity contribution in [2.75, 3.05) is 12.4 Å². The van der Waals surface area contributed by atoms with Gasteiger partial charge in [-0.15, -0.1) is 0 Å². The van der Waals surface area contributed by atoms with Crippen molar-refractivity contribution in [2.24, 2.45) is 0 Å². The number of phenolic OH excluding ortho intramolecular Hbond substituents is 1. The Morgan fingerprint density at radius 3 is 2.65 bits per heavy atom. The molecule has 4 nitrogen and oxygen atoms in total. The lowest BCUT2D eigenvalue weighted by molar-refractivity contribution is 0.102. The van der Waals surface area contributed by atoms with Crippen molar-refractivity contribution in [3.63, 3.8) is 0 Å². The molecule has 0 unspecified atom stereocenters. The lowest BCUT2D eigenvalue weighted by Crippen LogP contribution is -2.12. The van der Waals surface area contributed by atoms with Gasteiger partial charge in [0.15, 0.2) is 0 Å². The summed E-state index contributed by atoms with van der Waals surface area (Å²) in [6.45, 7) is 0. The van der Waals surface area contributed by atoms with E-state index in [9.17, 15) is 9.90 Å². The molecule has 0 atom stereocenters. The summed E-state index contributed by atoms with van der Waals surface area (Å²) in [5.41, 5.74) is 0.697. The molecule has 0 radical (unpaired) electrons. The molecule has 0 saturated heterocycles. The third kappa shape index (κ3) is 3.23. The molecule has 0 aliphatic heterocycles. The normalized spacial score (nSPS) is 10.2. The summed E-state index contributed by atoms with van der Waals surface area (Å²) >= 11 is 9.22. The smallest absolute Gasteiger partial charge is 0.259 e. The van der Waals surface area contributed by atoms with Gasteiger partial charge in [0.2, 0.25) is 0 Å². The van der Waals surface area contributed by atoms with Crippen molar-refractivity contribution < 1.29 is 14.6 Å². The Kier molecular flexibility index (Phi) is 4.52. The van der Waals surface area contributed by atoms with E-state index in [0.29, 0.717) is 16.5 Å². The van der Waals surface area contributed by atoms with E-state index in [0.717, 1.165) is 4.47 Å². The second-order valence-corrected chi connectivity index (χ2v) is 5.23. The standard InChI is InChI=1S/C14H11BrClNO3/c1-20-9-3-4-10(13(18)7-9)14(19)17-8-2-5-11(15)12(16)6-8/h2-7,18H,1H3,(H,17,19). The topological polar surface area (TPSA) is 58.6 Å². The summed E-state index contributed by atoms with van der Waals surface area (Å²) in [5.74, 6) is -0.0978. The van der Waals surface area contributed by atoms with Gasteiger partial charge in [-0.2, -0.15) is 0 Å². The number of carbonyl (C=O) groups excluding carboxylic acids is 1. The number of halogens is 2. The SMILES string of the molecule is COc1ccc(C(=O)Nc2ccc(Br)c(Cl)c2)c(O)c1. The average molecular weight is 357 g/mol. The van der Waals surface area contributed by atoms with Crippen LogP contribution in [0.3, 0.4) is 0 Å². The van der Waals surface area contributed by atoms with Gasteiger partial charge in [0.1, 0.15) is 11.5 Å². The van der Waals surface area contributed by atoms with E-state index in [4.69, 9.17) is 16.3 Å². The number of benzene rings is 2. The number of hydrogen-bond donors (Lipinski definition) is 2. The number of nitrogens with one attached hydrogen (secondary N) is 1. The maximum absolute atomic E-state index is 12.1. The van der Waals surface area contributed by atoms with Crippen LogP contribution in [0.2, 0.25) is 5.02 Å². The van der Waals surface area contributed by atoms with Crippen molar-refractivity contribution in [3.05, 3.63) is 51.5 Å². The van der Waals surface area contributed by atoms with Crippen LogP contribution in [0.4, 0.5) is 5.69 Å². The van der Waals surface area contributed by atoms with E-state index in [1.54, 1.807) is 24.3 Å². The maximum Gasteiger partial charge on any atom is 0.259 e. The minimum atomic E-state index is -0.427. The Bertz CT molecular complexity index is 661. The highest BCUT2D eigenvalue weighted by atomic mass is 79.9. The number of rotatable bonds is 3. The van der Waals surface area contributed by atoms with Crippen molar-refractivity contribution in [3.8, 4) is 11.5 Å². The van der Waals surface area contributed by atoms with E-state index in [2.05, 4.69) is 21.2 Å². The number of ether oxygens (including phenoxy) is 1. The zero-order valence-electron chi connectivity index (χ0n) is 10.5. The van der Waals surface area contributed by atoms with Crippen molar-refractivity contribution >= 4 is 39.1 Å². The fourth-order valence-electron chi connectivity index (χ4n) is 1.60. The second-order valence-electron chi connectivity index (χ2n) is 3.97. The third-order valence-corrected chi connectivity index (χ3v) is 3.86. The van der Waals surface area contributed by atoms with Crippen LogP contribution < -0.4 is 10.1 Å². The zero-order chi connectivity index (χ0) is 14.7. The number of carbonyl (C=O) groups is 1. The molecule has 0 aliphatic rings. The number of hydrogen-bond acceptors (Lipinski definition) is 3. The summed E-state index contributed by atoms with van der Waals surface area (Å²) in [6, 6.07) is 9.51. The van der Waals surface area contributed by atoms with Gasteiger partial charge < -0.3 is 15.2 Å². The predicted molar refractivity (Wildman–Crippen MR) is 81.8 cm³/mol. The molecule has 0 aliphatic carbocycles. The molecule has 0 fully saturated rings. The summed E-state index contributed by atoms with van der Waals surface area (Å²) in [6.07, 6.45) is 0. The summed E-state index contributed by atoms with van der Waals surface area (Å²) < 4.78 is 5.70. The van der Waals surface area contributed by atoms with Crippen molar-refractivity contribution in [2.45, 2.75) is 0 Å². The molecule has 0 bridgehead atoms. The molecule has 0 heterocycles. The molecule has 0 aromatic heterocycles. The van der Waals surface area contributed by atoms with E-state index >= 15 is 0 Å². The minimum absolute atomic E-state index is 0.148. The highest BCUT2D eigenvalue weighted by molar-refractivity contribution is 9.10. The Labute approximate surface area is 129 Å². The fraction of sp³-hybridized carbons (Fsp3) is 0.0714. The molecule has 0 saturated carbocycles. The van der Waals surface area contributed by atoms with Gasteiger partial charge in [-0.1, -0.05) is 11.6 Å². The molecule has 104 valence electrons. The molecular formula is C14H11BrClNO3. The van der Waals surface area contributed by atoms with Crippen LogP contribution in [-0.4, -0.2) is 18.1 Å². The first-order chi connectivity index (χ1) is 9.51. The van der Waals surface area contributed by atoms with Gasteiger partial charge in [0, 0.05) is 16.2 Å². The maximum atomic E-state index is 12.1. The van der Waals surface area contributed by atoms with E-state index in [1.807, 2.05) is 0 Å². The molecular weight excluding hydrogens is 346 g/mol. The van der Waals surface area contributed by atoms with Crippen LogP contribution in [0.5, 0.6) is 11.5 Å². The van der Waals surface area contributed by atoms with Crippen molar-refractivity contribution in [1.82, 2.24) is 0 Å². The largest absolute Gasteiger partial charge is 0.507 e. The molecule has 6 heteroatoms. The monoisotopic (exact) mass is 355 g/mol. The molecule has 2 rings (SSSR count). The van der Waals surface area contributed by atoms with Crippen LogP contribution >= 0.6 is 27.5 Å². The van der Waals surface area contributed by atoms with Gasteiger partial charge in [0.25, 0.3) is 5.91 Å². The second kappa shape index (κ2) is 6.15. The molecule has 20 heavy (non-hydrogen) atoms. The predicted octanol–water partition coefficient (Wildman–Crippen LogP) is 4.07. The molecule has 2 N–H and O–H groups in total. The van der Waals surface area contributed by atoms with Crippen LogP contribution in [0.25, 0.3) is 0 Å². The van der Waals surface area contributed by atoms with Gasteiger partial charge >= 0.3 is 0 Å². The highest BCUT2D eigenvalue weighted by Crippen LogP contribution is 2.27. The Morgan fingerprint density at radius 1 is 1.30 bits per heavy atom. The van der Waals surface area contributed by atoms with E-state index < -0.39 is 5.91 Å². The number of aromatic hydroxyl groups is 1. The number of methoxy groups -OCH3 is 1. The lowest BCUT2D eigenvalue weighted by Gasteiger charge is -2.09. The Balaban J connectivity index is 2.21. The van der Waals surface area contributed by atoms with Gasteiger partial charge in [-0.05, 0) is 46.3 Å². The summed E-state index contributed by atoms with van der Waals surface area (Å²) in [5, 5.41) is 12.9. The first kappa shape index (κ1) is 14.7. The fourth-order valence-corrected chi connectivity index (χ4v) is 2.03. The van der Waals surface area contributed by atoms with Gasteiger partial charge in [-0.25, -0.2) is 0 Å². The number of amides is 1. The van der Waals surface area contributed by atoms with Crippen LogP contribution in [0, 0.1) is 0 Å². The van der Waals surface area contributed by atoms with E-state index in [1.165, 1.54) is 19.2 Å². The van der Waals surface area contributed by atoms with Gasteiger partial charge in [-0.3, -0.25) is 4.79 Å². The summed E-state index contributed by atoms with van der Waals surface area (Å²) in [7, 11) is 1.48. The lowest BCUT2D eigenvalue weighted by atomic mass is 10.1. The Morgan fingerprint density at radius 2 is 2.05 bits per heavy atom. The van der Waals surface area contributed by atoms with Crippen LogP contribution in [0.1, 0.15) is 10.4 Å². The molecule has 2 aromatic carbocycles. The van der Waals surface area contributed by atoms with Crippen molar-refractivity contribution in [1.29, 1.82) is 0 Å². The number of phenols is 1. The van der Waals surface area contributed by atoms with Crippen LogP contribution in [0.15, 0.2) is 40.9 Å². The first-order valence-electron chi connectivity index (χ1n) is 5.64. The molecule has 2 aromatic rings. The van der Waals surface area contributed by atoms with Gasteiger partial charge in [0.05, 0.1) is 17.7 Å². The van der Waals surface area contributed by atoms with Crippen LogP contribution in [-0.2, 0) is 0 Å². The average Bonchev–Trinajstić information content (AvgIpc) is 2.42. The molecule has 0 spiro atoms. The minimum Gasteiger partial charge on any atom is -0.507 e. The van der Waals surface area contributed by atoms with E-state index in [-0.39, 0.29) is 11.3 Å². The summed E-state index contributed by atoms with van der Waals surface area (Å²) in [4.78, 5) is 12.1. The third-order valence-electron chi connectivity index (χ3n) is 2.63. The quantitative estimate of drug-likeness (QED) is 0.871. The zero-order valence-corrected chi connectivity index (χ0v) is 12.8. The Hall–Kier alpha value is -1.72. The molecule has 1 amide bonds. The highest BCUT2D eigenvalue weighted by Gasteiger charge is 2.12. The first-order valence-corrected chi connectivity index (χ1v) is 6.82. The number of anilines is 1.